The van der Waals surface area contributed by atoms with Gasteiger partial charge in [0.05, 0.1) is 0 Å². The fraction of sp³-hybridized carbons (Fsp3) is 0.538. The standard InChI is InChI=1S/C13H22BNO2/c1-4-11(2)9-15(3)10-12-5-7-13(8-6-12)14(16)17/h5-8,11,16-17H,4,9-10H2,1-3H3. The van der Waals surface area contributed by atoms with Crippen molar-refractivity contribution in [2.24, 2.45) is 5.92 Å². The van der Waals surface area contributed by atoms with E-state index in [0.29, 0.717) is 11.4 Å². The SMILES string of the molecule is CCC(C)CN(C)Cc1ccc(B(O)O)cc1. The molecule has 0 fully saturated rings. The Morgan fingerprint density at radius 1 is 1.24 bits per heavy atom. The second kappa shape index (κ2) is 6.79. The Bertz CT molecular complexity index is 327. The molecule has 0 heterocycles. The summed E-state index contributed by atoms with van der Waals surface area (Å²) in [4.78, 5) is 2.29. The highest BCUT2D eigenvalue weighted by atomic mass is 16.4. The second-order valence-electron chi connectivity index (χ2n) is 4.83. The van der Waals surface area contributed by atoms with Crippen LogP contribution in [0.3, 0.4) is 0 Å². The maximum Gasteiger partial charge on any atom is 0.488 e. The van der Waals surface area contributed by atoms with E-state index >= 15 is 0 Å². The largest absolute Gasteiger partial charge is 0.488 e. The lowest BCUT2D eigenvalue weighted by molar-refractivity contribution is 0.275. The van der Waals surface area contributed by atoms with Crippen LogP contribution < -0.4 is 5.46 Å². The molecular formula is C13H22BNO2. The number of nitrogens with zero attached hydrogens (tertiary/aromatic N) is 1. The Kier molecular flexibility index (Phi) is 5.68. The van der Waals surface area contributed by atoms with Crippen LogP contribution >= 0.6 is 0 Å². The van der Waals surface area contributed by atoms with Gasteiger partial charge < -0.3 is 14.9 Å². The molecule has 0 amide bonds. The summed E-state index contributed by atoms with van der Waals surface area (Å²) in [5.74, 6) is 0.707. The van der Waals surface area contributed by atoms with Crippen LogP contribution in [0, 0.1) is 5.92 Å². The Hall–Kier alpha value is -0.835. The van der Waals surface area contributed by atoms with Gasteiger partial charge in [0.1, 0.15) is 0 Å². The van der Waals surface area contributed by atoms with Crippen molar-refractivity contribution in [3.05, 3.63) is 29.8 Å². The number of benzene rings is 1. The molecule has 1 atom stereocenters. The molecule has 3 nitrogen and oxygen atoms in total. The maximum absolute atomic E-state index is 8.99. The average molecular weight is 235 g/mol. The molecule has 1 rings (SSSR count). The van der Waals surface area contributed by atoms with Gasteiger partial charge in [0.15, 0.2) is 0 Å². The lowest BCUT2D eigenvalue weighted by atomic mass is 9.80. The highest BCUT2D eigenvalue weighted by molar-refractivity contribution is 6.58. The van der Waals surface area contributed by atoms with Crippen LogP contribution in [-0.4, -0.2) is 35.7 Å². The van der Waals surface area contributed by atoms with E-state index in [2.05, 4.69) is 25.8 Å². The van der Waals surface area contributed by atoms with Crippen LogP contribution in [0.2, 0.25) is 0 Å². The minimum Gasteiger partial charge on any atom is -0.423 e. The van der Waals surface area contributed by atoms with Gasteiger partial charge in [-0.2, -0.15) is 0 Å². The van der Waals surface area contributed by atoms with Crippen LogP contribution in [0.5, 0.6) is 0 Å². The van der Waals surface area contributed by atoms with Crippen molar-refractivity contribution in [2.45, 2.75) is 26.8 Å². The predicted octanol–water partition coefficient (Wildman–Crippen LogP) is 0.844. The zero-order valence-electron chi connectivity index (χ0n) is 10.9. The third kappa shape index (κ3) is 4.90. The zero-order chi connectivity index (χ0) is 12.8. The Labute approximate surface area is 104 Å². The number of hydrogen-bond donors (Lipinski definition) is 2. The molecule has 0 aromatic heterocycles. The van der Waals surface area contributed by atoms with Gasteiger partial charge in [-0.15, -0.1) is 0 Å². The Morgan fingerprint density at radius 2 is 1.82 bits per heavy atom. The van der Waals surface area contributed by atoms with Gasteiger partial charge in [-0.3, -0.25) is 0 Å². The molecule has 0 aliphatic carbocycles. The summed E-state index contributed by atoms with van der Waals surface area (Å²) in [5, 5.41) is 18.0. The highest BCUT2D eigenvalue weighted by Crippen LogP contribution is 2.07. The lowest BCUT2D eigenvalue weighted by Gasteiger charge is -2.20. The van der Waals surface area contributed by atoms with Gasteiger partial charge in [-0.25, -0.2) is 0 Å². The van der Waals surface area contributed by atoms with Crippen LogP contribution in [-0.2, 0) is 6.54 Å². The summed E-state index contributed by atoms with van der Waals surface area (Å²) in [6, 6.07) is 7.41. The van der Waals surface area contributed by atoms with E-state index in [4.69, 9.17) is 10.0 Å². The summed E-state index contributed by atoms with van der Waals surface area (Å²) in [7, 11) is 0.739. The molecular weight excluding hydrogens is 213 g/mol. The summed E-state index contributed by atoms with van der Waals surface area (Å²) >= 11 is 0. The van der Waals surface area contributed by atoms with Crippen molar-refractivity contribution >= 4 is 12.6 Å². The first kappa shape index (κ1) is 14.2. The van der Waals surface area contributed by atoms with Gasteiger partial charge in [0.2, 0.25) is 0 Å². The molecule has 1 aromatic rings. The normalized spacial score (nSPS) is 12.8. The van der Waals surface area contributed by atoms with Gasteiger partial charge >= 0.3 is 7.12 Å². The van der Waals surface area contributed by atoms with Gasteiger partial charge in [-0.1, -0.05) is 44.5 Å². The van der Waals surface area contributed by atoms with E-state index in [9.17, 15) is 0 Å². The van der Waals surface area contributed by atoms with Crippen molar-refractivity contribution in [2.75, 3.05) is 13.6 Å². The molecule has 0 spiro atoms. The summed E-state index contributed by atoms with van der Waals surface area (Å²) in [6.45, 7) is 6.44. The van der Waals surface area contributed by atoms with Gasteiger partial charge in [0, 0.05) is 13.1 Å². The van der Waals surface area contributed by atoms with E-state index in [1.165, 1.54) is 12.0 Å². The second-order valence-corrected chi connectivity index (χ2v) is 4.83. The number of hydrogen-bond acceptors (Lipinski definition) is 3. The van der Waals surface area contributed by atoms with E-state index in [0.717, 1.165) is 13.1 Å². The Morgan fingerprint density at radius 3 is 2.29 bits per heavy atom. The monoisotopic (exact) mass is 235 g/mol. The Balaban J connectivity index is 2.51. The molecule has 1 unspecified atom stereocenters. The molecule has 0 saturated carbocycles. The lowest BCUT2D eigenvalue weighted by Crippen LogP contribution is -2.30. The van der Waals surface area contributed by atoms with Crippen molar-refractivity contribution in [3.8, 4) is 0 Å². The van der Waals surface area contributed by atoms with E-state index in [1.807, 2.05) is 12.1 Å². The van der Waals surface area contributed by atoms with Crippen molar-refractivity contribution < 1.29 is 10.0 Å². The molecule has 0 aliphatic heterocycles. The third-order valence-electron chi connectivity index (χ3n) is 3.05. The van der Waals surface area contributed by atoms with Gasteiger partial charge in [0.25, 0.3) is 0 Å². The molecule has 0 aliphatic rings. The molecule has 0 bridgehead atoms. The predicted molar refractivity (Wildman–Crippen MR) is 72.1 cm³/mol. The third-order valence-corrected chi connectivity index (χ3v) is 3.05. The van der Waals surface area contributed by atoms with Crippen LogP contribution in [0.25, 0.3) is 0 Å². The first-order valence-electron chi connectivity index (χ1n) is 6.16. The highest BCUT2D eigenvalue weighted by Gasteiger charge is 2.10. The summed E-state index contributed by atoms with van der Waals surface area (Å²) in [5.41, 5.74) is 1.73. The topological polar surface area (TPSA) is 43.7 Å². The van der Waals surface area contributed by atoms with E-state index < -0.39 is 7.12 Å². The van der Waals surface area contributed by atoms with E-state index in [-0.39, 0.29) is 0 Å². The fourth-order valence-electron chi connectivity index (χ4n) is 1.83. The smallest absolute Gasteiger partial charge is 0.423 e. The summed E-state index contributed by atoms with van der Waals surface area (Å²) < 4.78 is 0. The number of rotatable bonds is 6. The molecule has 1 aromatic carbocycles. The zero-order valence-corrected chi connectivity index (χ0v) is 10.9. The molecule has 94 valence electrons. The maximum atomic E-state index is 8.99. The first-order valence-corrected chi connectivity index (χ1v) is 6.16. The quantitative estimate of drug-likeness (QED) is 0.718. The summed E-state index contributed by atoms with van der Waals surface area (Å²) in [6.07, 6.45) is 1.19. The minimum atomic E-state index is -1.37. The van der Waals surface area contributed by atoms with Crippen molar-refractivity contribution in [1.29, 1.82) is 0 Å². The van der Waals surface area contributed by atoms with Gasteiger partial charge in [-0.05, 0) is 24.0 Å². The van der Waals surface area contributed by atoms with E-state index in [1.54, 1.807) is 12.1 Å². The molecule has 2 N–H and O–H groups in total. The van der Waals surface area contributed by atoms with Crippen LogP contribution in [0.4, 0.5) is 0 Å². The van der Waals surface area contributed by atoms with Crippen molar-refractivity contribution in [1.82, 2.24) is 4.90 Å². The fourth-order valence-corrected chi connectivity index (χ4v) is 1.83. The molecule has 17 heavy (non-hydrogen) atoms. The molecule has 4 heteroatoms. The first-order chi connectivity index (χ1) is 8.02. The average Bonchev–Trinajstić information content (AvgIpc) is 2.29. The van der Waals surface area contributed by atoms with Crippen LogP contribution in [0.1, 0.15) is 25.8 Å². The van der Waals surface area contributed by atoms with Crippen LogP contribution in [0.15, 0.2) is 24.3 Å². The molecule has 0 radical (unpaired) electrons. The molecule has 0 saturated heterocycles. The van der Waals surface area contributed by atoms with Crippen molar-refractivity contribution in [3.63, 3.8) is 0 Å². The minimum absolute atomic E-state index is 0.540.